The molecule has 0 spiro atoms. The normalized spacial score (nSPS) is 16.8. The van der Waals surface area contributed by atoms with Crippen molar-refractivity contribution in [3.8, 4) is 6.19 Å². The van der Waals surface area contributed by atoms with Gasteiger partial charge in [0.1, 0.15) is 0 Å². The summed E-state index contributed by atoms with van der Waals surface area (Å²) in [6, 6.07) is 5.08. The molecule has 0 aliphatic carbocycles. The Hall–Kier alpha value is -1.56. The van der Waals surface area contributed by atoms with Crippen LogP contribution < -0.4 is 5.32 Å². The number of nitrogens with one attached hydrogen (secondary N) is 1. The summed E-state index contributed by atoms with van der Waals surface area (Å²) in [5.74, 6) is 0. The third-order valence-electron chi connectivity index (χ3n) is 3.69. The maximum Gasteiger partial charge on any atom is 0.243 e. The number of sulfonamides is 1. The zero-order valence-corrected chi connectivity index (χ0v) is 14.9. The SMILES string of the molecule is CSC(=Nc1ccc(C)c(S(=O)(=O)N2CCCCC2)c1)NC#N. The van der Waals surface area contributed by atoms with Crippen LogP contribution >= 0.6 is 11.8 Å². The van der Waals surface area contributed by atoms with E-state index in [0.29, 0.717) is 29.5 Å². The van der Waals surface area contributed by atoms with Crippen LogP contribution in [-0.4, -0.2) is 37.2 Å². The molecule has 2 rings (SSSR count). The van der Waals surface area contributed by atoms with Crippen LogP contribution in [0.5, 0.6) is 0 Å². The van der Waals surface area contributed by atoms with E-state index >= 15 is 0 Å². The minimum Gasteiger partial charge on any atom is -0.271 e. The van der Waals surface area contributed by atoms with Crippen molar-refractivity contribution in [2.45, 2.75) is 31.1 Å². The second kappa shape index (κ2) is 7.81. The molecule has 0 amide bonds. The Labute approximate surface area is 141 Å². The first-order valence-electron chi connectivity index (χ1n) is 7.37. The van der Waals surface area contributed by atoms with Crippen molar-refractivity contribution in [1.82, 2.24) is 9.62 Å². The van der Waals surface area contributed by atoms with Gasteiger partial charge in [-0.1, -0.05) is 24.2 Å². The number of piperidine rings is 1. The van der Waals surface area contributed by atoms with Gasteiger partial charge in [-0.25, -0.2) is 13.4 Å². The molecule has 1 heterocycles. The zero-order valence-electron chi connectivity index (χ0n) is 13.2. The lowest BCUT2D eigenvalue weighted by molar-refractivity contribution is 0.346. The highest BCUT2D eigenvalue weighted by Gasteiger charge is 2.27. The largest absolute Gasteiger partial charge is 0.271 e. The maximum absolute atomic E-state index is 12.8. The molecule has 124 valence electrons. The zero-order chi connectivity index (χ0) is 16.9. The summed E-state index contributed by atoms with van der Waals surface area (Å²) < 4.78 is 27.2. The highest BCUT2D eigenvalue weighted by molar-refractivity contribution is 8.13. The fraction of sp³-hybridized carbons (Fsp3) is 0.467. The van der Waals surface area contributed by atoms with Crippen LogP contribution in [0.1, 0.15) is 24.8 Å². The Morgan fingerprint density at radius 1 is 1.35 bits per heavy atom. The maximum atomic E-state index is 12.8. The number of nitriles is 1. The summed E-state index contributed by atoms with van der Waals surface area (Å²) in [5, 5.41) is 11.6. The Bertz CT molecular complexity index is 732. The van der Waals surface area contributed by atoms with Gasteiger partial charge in [0.2, 0.25) is 10.0 Å². The van der Waals surface area contributed by atoms with Gasteiger partial charge in [0, 0.05) is 13.1 Å². The lowest BCUT2D eigenvalue weighted by Crippen LogP contribution is -2.35. The number of amidine groups is 1. The second-order valence-electron chi connectivity index (χ2n) is 5.27. The molecule has 0 saturated carbocycles. The first-order chi connectivity index (χ1) is 11.0. The van der Waals surface area contributed by atoms with Gasteiger partial charge in [0.25, 0.3) is 0 Å². The van der Waals surface area contributed by atoms with Crippen LogP contribution in [0.3, 0.4) is 0 Å². The average molecular weight is 352 g/mol. The minimum absolute atomic E-state index is 0.290. The van der Waals surface area contributed by atoms with Gasteiger partial charge >= 0.3 is 0 Å². The Morgan fingerprint density at radius 2 is 2.04 bits per heavy atom. The van der Waals surface area contributed by atoms with E-state index in [1.54, 1.807) is 35.7 Å². The van der Waals surface area contributed by atoms with Crippen LogP contribution in [0.25, 0.3) is 0 Å². The van der Waals surface area contributed by atoms with E-state index in [1.165, 1.54) is 11.8 Å². The quantitative estimate of drug-likeness (QED) is 0.391. The lowest BCUT2D eigenvalue weighted by atomic mass is 10.2. The summed E-state index contributed by atoms with van der Waals surface area (Å²) >= 11 is 1.29. The molecule has 1 aliphatic heterocycles. The number of hydrogen-bond donors (Lipinski definition) is 1. The molecule has 0 aromatic heterocycles. The molecule has 0 unspecified atom stereocenters. The fourth-order valence-electron chi connectivity index (χ4n) is 2.47. The van der Waals surface area contributed by atoms with Crippen molar-refractivity contribution < 1.29 is 8.42 Å². The van der Waals surface area contributed by atoms with E-state index in [1.807, 2.05) is 6.19 Å². The predicted molar refractivity (Wildman–Crippen MR) is 93.1 cm³/mol. The molecular weight excluding hydrogens is 332 g/mol. The molecule has 1 aromatic carbocycles. The molecule has 0 radical (unpaired) electrons. The lowest BCUT2D eigenvalue weighted by Gasteiger charge is -2.26. The molecule has 1 saturated heterocycles. The van der Waals surface area contributed by atoms with Crippen molar-refractivity contribution in [3.05, 3.63) is 23.8 Å². The molecule has 0 atom stereocenters. The van der Waals surface area contributed by atoms with E-state index in [9.17, 15) is 8.42 Å². The Morgan fingerprint density at radius 3 is 2.65 bits per heavy atom. The highest BCUT2D eigenvalue weighted by atomic mass is 32.2. The molecule has 6 nitrogen and oxygen atoms in total. The predicted octanol–water partition coefficient (Wildman–Crippen LogP) is 2.59. The first-order valence-corrected chi connectivity index (χ1v) is 10.0. The average Bonchev–Trinajstić information content (AvgIpc) is 2.56. The topological polar surface area (TPSA) is 85.6 Å². The van der Waals surface area contributed by atoms with Crippen molar-refractivity contribution in [1.29, 1.82) is 5.26 Å². The summed E-state index contributed by atoms with van der Waals surface area (Å²) in [5.41, 5.74) is 1.21. The van der Waals surface area contributed by atoms with Gasteiger partial charge in [-0.2, -0.15) is 9.57 Å². The smallest absolute Gasteiger partial charge is 0.243 e. The summed E-state index contributed by atoms with van der Waals surface area (Å²) in [4.78, 5) is 4.58. The number of aliphatic imine (C=N–C) groups is 1. The van der Waals surface area contributed by atoms with Crippen LogP contribution in [0, 0.1) is 18.4 Å². The summed E-state index contributed by atoms with van der Waals surface area (Å²) in [7, 11) is -3.50. The highest BCUT2D eigenvalue weighted by Crippen LogP contribution is 2.27. The summed E-state index contributed by atoms with van der Waals surface area (Å²) in [6.07, 6.45) is 6.49. The van der Waals surface area contributed by atoms with E-state index in [2.05, 4.69) is 10.3 Å². The van der Waals surface area contributed by atoms with Crippen LogP contribution in [0.2, 0.25) is 0 Å². The van der Waals surface area contributed by atoms with Gasteiger partial charge in [0.05, 0.1) is 10.6 Å². The van der Waals surface area contributed by atoms with E-state index < -0.39 is 10.0 Å². The molecule has 1 aromatic rings. The van der Waals surface area contributed by atoms with E-state index in [-0.39, 0.29) is 4.90 Å². The molecule has 8 heteroatoms. The van der Waals surface area contributed by atoms with Crippen LogP contribution in [0.4, 0.5) is 5.69 Å². The molecule has 1 fully saturated rings. The molecular formula is C15H20N4O2S2. The number of aryl methyl sites for hydroxylation is 1. The van der Waals surface area contributed by atoms with E-state index in [4.69, 9.17) is 5.26 Å². The number of hydrogen-bond acceptors (Lipinski definition) is 5. The minimum atomic E-state index is -3.50. The monoisotopic (exact) mass is 352 g/mol. The standard InChI is InChI=1S/C15H20N4O2S2/c1-12-6-7-13(18-15(22-2)17-11-16)10-14(12)23(20,21)19-8-4-3-5-9-19/h6-7,10H,3-5,8-9H2,1-2H3,(H,17,18). The molecule has 1 aliphatic rings. The molecule has 0 bridgehead atoms. The second-order valence-corrected chi connectivity index (χ2v) is 7.97. The van der Waals surface area contributed by atoms with Crippen molar-refractivity contribution in [2.24, 2.45) is 4.99 Å². The van der Waals surface area contributed by atoms with E-state index in [0.717, 1.165) is 19.3 Å². The third-order valence-corrected chi connectivity index (χ3v) is 6.31. The number of thioether (sulfide) groups is 1. The van der Waals surface area contributed by atoms with Crippen molar-refractivity contribution >= 4 is 32.6 Å². The van der Waals surface area contributed by atoms with Gasteiger partial charge in [-0.3, -0.25) is 5.32 Å². The number of benzene rings is 1. The Balaban J connectivity index is 2.39. The molecule has 1 N–H and O–H groups in total. The van der Waals surface area contributed by atoms with Gasteiger partial charge in [-0.15, -0.1) is 0 Å². The summed E-state index contributed by atoms with van der Waals surface area (Å²) in [6.45, 7) is 2.93. The van der Waals surface area contributed by atoms with Gasteiger partial charge in [-0.05, 0) is 43.7 Å². The number of rotatable bonds is 3. The van der Waals surface area contributed by atoms with Gasteiger partial charge in [0.15, 0.2) is 11.4 Å². The van der Waals surface area contributed by atoms with Gasteiger partial charge < -0.3 is 0 Å². The molecule has 23 heavy (non-hydrogen) atoms. The third kappa shape index (κ3) is 4.25. The van der Waals surface area contributed by atoms with Crippen molar-refractivity contribution in [2.75, 3.05) is 19.3 Å². The first kappa shape index (κ1) is 17.8. The fourth-order valence-corrected chi connectivity index (χ4v) is 4.58. The van der Waals surface area contributed by atoms with Crippen LogP contribution in [-0.2, 0) is 10.0 Å². The number of nitrogens with zero attached hydrogens (tertiary/aromatic N) is 3. The Kier molecular flexibility index (Phi) is 6.04. The van der Waals surface area contributed by atoms with Crippen LogP contribution in [0.15, 0.2) is 28.1 Å². The van der Waals surface area contributed by atoms with Crippen molar-refractivity contribution in [3.63, 3.8) is 0 Å².